The van der Waals surface area contributed by atoms with Gasteiger partial charge in [-0.1, -0.05) is 6.07 Å². The lowest BCUT2D eigenvalue weighted by atomic mass is 10.1. The molecule has 5 nitrogen and oxygen atoms in total. The second-order valence-electron chi connectivity index (χ2n) is 5.71. The highest BCUT2D eigenvalue weighted by molar-refractivity contribution is 5.92. The van der Waals surface area contributed by atoms with Crippen LogP contribution in [0.5, 0.6) is 0 Å². The van der Waals surface area contributed by atoms with Gasteiger partial charge in [0.1, 0.15) is 0 Å². The fraction of sp³-hybridized carbons (Fsp3) is 0.500. The molecular formula is C16H22N4O. The molecule has 1 aliphatic rings. The molecule has 0 aromatic heterocycles. The van der Waals surface area contributed by atoms with Crippen LogP contribution in [0.1, 0.15) is 18.4 Å². The number of amides is 1. The first-order chi connectivity index (χ1) is 10.1. The average Bonchev–Trinajstić information content (AvgIpc) is 2.47. The summed E-state index contributed by atoms with van der Waals surface area (Å²) in [6.07, 6.45) is 2.31. The van der Waals surface area contributed by atoms with Gasteiger partial charge in [-0.2, -0.15) is 5.26 Å². The number of hydrogen-bond acceptors (Lipinski definition) is 4. The molecule has 0 bridgehead atoms. The van der Waals surface area contributed by atoms with Gasteiger partial charge in [-0.3, -0.25) is 9.69 Å². The zero-order valence-corrected chi connectivity index (χ0v) is 12.7. The third-order valence-corrected chi connectivity index (χ3v) is 3.89. The van der Waals surface area contributed by atoms with Crippen LogP contribution in [-0.4, -0.2) is 55.5 Å². The molecule has 0 aliphatic carbocycles. The van der Waals surface area contributed by atoms with Crippen LogP contribution in [-0.2, 0) is 4.79 Å². The fourth-order valence-corrected chi connectivity index (χ4v) is 2.72. The fourth-order valence-electron chi connectivity index (χ4n) is 2.72. The third kappa shape index (κ3) is 4.55. The van der Waals surface area contributed by atoms with E-state index in [9.17, 15) is 4.79 Å². The van der Waals surface area contributed by atoms with Gasteiger partial charge in [0.15, 0.2) is 0 Å². The van der Waals surface area contributed by atoms with Gasteiger partial charge in [0.05, 0.1) is 18.2 Å². The van der Waals surface area contributed by atoms with Crippen LogP contribution in [0.2, 0.25) is 0 Å². The Bertz CT molecular complexity index is 537. The Labute approximate surface area is 126 Å². The van der Waals surface area contributed by atoms with Gasteiger partial charge in [0.25, 0.3) is 0 Å². The zero-order valence-electron chi connectivity index (χ0n) is 12.7. The monoisotopic (exact) mass is 286 g/mol. The van der Waals surface area contributed by atoms with Crippen LogP contribution >= 0.6 is 0 Å². The molecule has 1 aromatic rings. The van der Waals surface area contributed by atoms with Crippen LogP contribution in [0.25, 0.3) is 0 Å². The number of piperidine rings is 1. The first-order valence-electron chi connectivity index (χ1n) is 7.27. The van der Waals surface area contributed by atoms with Crippen LogP contribution in [0.4, 0.5) is 5.69 Å². The van der Waals surface area contributed by atoms with Crippen molar-refractivity contribution >= 4 is 11.6 Å². The Hall–Kier alpha value is -1.90. The van der Waals surface area contributed by atoms with Gasteiger partial charge in [-0.05, 0) is 51.7 Å². The molecule has 2 rings (SSSR count). The number of likely N-dealkylation sites (tertiary alicyclic amines) is 1. The number of hydrogen-bond donors (Lipinski definition) is 1. The summed E-state index contributed by atoms with van der Waals surface area (Å²) in [6.45, 7) is 2.51. The highest BCUT2D eigenvalue weighted by atomic mass is 16.2. The summed E-state index contributed by atoms with van der Waals surface area (Å²) in [7, 11) is 4.11. The molecule has 1 aliphatic heterocycles. The van der Waals surface area contributed by atoms with Crippen molar-refractivity contribution in [2.45, 2.75) is 18.9 Å². The topological polar surface area (TPSA) is 59.4 Å². The molecule has 112 valence electrons. The van der Waals surface area contributed by atoms with Gasteiger partial charge in [0.2, 0.25) is 5.91 Å². The largest absolute Gasteiger partial charge is 0.325 e. The van der Waals surface area contributed by atoms with E-state index in [0.29, 0.717) is 23.8 Å². The number of carbonyl (C=O) groups is 1. The van der Waals surface area contributed by atoms with Crippen LogP contribution < -0.4 is 5.32 Å². The third-order valence-electron chi connectivity index (χ3n) is 3.89. The first-order valence-corrected chi connectivity index (χ1v) is 7.27. The van der Waals surface area contributed by atoms with Crippen molar-refractivity contribution in [2.75, 3.05) is 39.0 Å². The molecule has 1 unspecified atom stereocenters. The molecule has 0 spiro atoms. The molecule has 1 aromatic carbocycles. The molecule has 1 atom stereocenters. The molecule has 1 saturated heterocycles. The van der Waals surface area contributed by atoms with E-state index < -0.39 is 0 Å². The zero-order chi connectivity index (χ0) is 15.2. The van der Waals surface area contributed by atoms with Crippen molar-refractivity contribution in [2.24, 2.45) is 0 Å². The molecule has 1 N–H and O–H groups in total. The van der Waals surface area contributed by atoms with Gasteiger partial charge in [0, 0.05) is 18.3 Å². The van der Waals surface area contributed by atoms with E-state index in [0.717, 1.165) is 19.5 Å². The van der Waals surface area contributed by atoms with Crippen LogP contribution in [0.3, 0.4) is 0 Å². The number of benzene rings is 1. The summed E-state index contributed by atoms with van der Waals surface area (Å²) < 4.78 is 0. The highest BCUT2D eigenvalue weighted by Crippen LogP contribution is 2.14. The summed E-state index contributed by atoms with van der Waals surface area (Å²) in [4.78, 5) is 16.5. The number of nitrogens with zero attached hydrogens (tertiary/aromatic N) is 3. The Morgan fingerprint density at radius 1 is 1.57 bits per heavy atom. The van der Waals surface area contributed by atoms with Crippen molar-refractivity contribution in [1.29, 1.82) is 5.26 Å². The van der Waals surface area contributed by atoms with Gasteiger partial charge >= 0.3 is 0 Å². The second kappa shape index (κ2) is 7.21. The van der Waals surface area contributed by atoms with Gasteiger partial charge in [-0.15, -0.1) is 0 Å². The smallest absolute Gasteiger partial charge is 0.238 e. The molecule has 1 amide bonds. The van der Waals surface area contributed by atoms with E-state index in [4.69, 9.17) is 5.26 Å². The summed E-state index contributed by atoms with van der Waals surface area (Å²) in [5.74, 6) is -0.0409. The SMILES string of the molecule is CN1CCCC(N(C)CC(=O)Nc2cccc(C#N)c2)C1. The summed E-state index contributed by atoms with van der Waals surface area (Å²) in [5, 5.41) is 11.7. The molecule has 1 heterocycles. The quantitative estimate of drug-likeness (QED) is 0.912. The highest BCUT2D eigenvalue weighted by Gasteiger charge is 2.22. The Morgan fingerprint density at radius 2 is 2.38 bits per heavy atom. The van der Waals surface area contributed by atoms with Gasteiger partial charge < -0.3 is 10.2 Å². The van der Waals surface area contributed by atoms with E-state index in [1.54, 1.807) is 24.3 Å². The first kappa shape index (κ1) is 15.5. The minimum Gasteiger partial charge on any atom is -0.325 e. The van der Waals surface area contributed by atoms with E-state index in [1.807, 2.05) is 7.05 Å². The molecular weight excluding hydrogens is 264 g/mol. The summed E-state index contributed by atoms with van der Waals surface area (Å²) >= 11 is 0. The minimum atomic E-state index is -0.0409. The molecule has 5 heteroatoms. The standard InChI is InChI=1S/C16H22N4O/c1-19-8-4-7-15(11-19)20(2)12-16(21)18-14-6-3-5-13(9-14)10-17/h3,5-6,9,15H,4,7-8,11-12H2,1-2H3,(H,18,21). The maximum Gasteiger partial charge on any atom is 0.238 e. The summed E-state index contributed by atoms with van der Waals surface area (Å²) in [5.41, 5.74) is 1.23. The number of nitrogens with one attached hydrogen (secondary N) is 1. The second-order valence-corrected chi connectivity index (χ2v) is 5.71. The lowest BCUT2D eigenvalue weighted by Gasteiger charge is -2.35. The van der Waals surface area contributed by atoms with Crippen molar-refractivity contribution < 1.29 is 4.79 Å². The maximum atomic E-state index is 12.1. The minimum absolute atomic E-state index is 0.0409. The van der Waals surface area contributed by atoms with Crippen molar-refractivity contribution in [3.05, 3.63) is 29.8 Å². The van der Waals surface area contributed by atoms with E-state index in [2.05, 4.69) is 28.2 Å². The lowest BCUT2D eigenvalue weighted by Crippen LogP contribution is -2.47. The van der Waals surface area contributed by atoms with Crippen LogP contribution in [0, 0.1) is 11.3 Å². The molecule has 1 fully saturated rings. The Kier molecular flexibility index (Phi) is 5.32. The normalized spacial score (nSPS) is 19.2. The molecule has 0 radical (unpaired) electrons. The van der Waals surface area contributed by atoms with Crippen molar-refractivity contribution in [1.82, 2.24) is 9.80 Å². The lowest BCUT2D eigenvalue weighted by molar-refractivity contribution is -0.117. The van der Waals surface area contributed by atoms with Crippen molar-refractivity contribution in [3.63, 3.8) is 0 Å². The molecule has 21 heavy (non-hydrogen) atoms. The summed E-state index contributed by atoms with van der Waals surface area (Å²) in [6, 6.07) is 9.48. The number of likely N-dealkylation sites (N-methyl/N-ethyl adjacent to an activating group) is 2. The average molecular weight is 286 g/mol. The number of carbonyl (C=O) groups excluding carboxylic acids is 1. The Balaban J connectivity index is 1.87. The van der Waals surface area contributed by atoms with Gasteiger partial charge in [-0.25, -0.2) is 0 Å². The van der Waals surface area contributed by atoms with E-state index >= 15 is 0 Å². The number of rotatable bonds is 4. The predicted molar refractivity (Wildman–Crippen MR) is 82.9 cm³/mol. The number of nitriles is 1. The number of anilines is 1. The van der Waals surface area contributed by atoms with Crippen molar-refractivity contribution in [3.8, 4) is 6.07 Å². The molecule has 0 saturated carbocycles. The van der Waals surface area contributed by atoms with E-state index in [1.165, 1.54) is 6.42 Å². The Morgan fingerprint density at radius 3 is 3.10 bits per heavy atom. The van der Waals surface area contributed by atoms with Crippen LogP contribution in [0.15, 0.2) is 24.3 Å². The maximum absolute atomic E-state index is 12.1. The predicted octanol–water partition coefficient (Wildman–Crippen LogP) is 1.52. The van der Waals surface area contributed by atoms with E-state index in [-0.39, 0.29) is 5.91 Å².